The standard InChI is InChI=1S/C19H18N2O3S/c22-18(9-15-12-25-19(21-15)17-6-3-7-23-17)20-10-13-8-14-4-1-2-5-16(14)24-11-13/h1-7,12-13H,8-11H2,(H,20,22). The number of ether oxygens (including phenoxy) is 1. The predicted octanol–water partition coefficient (Wildman–Crippen LogP) is 3.31. The highest BCUT2D eigenvalue weighted by atomic mass is 32.1. The summed E-state index contributed by atoms with van der Waals surface area (Å²) in [6, 6.07) is 11.8. The summed E-state index contributed by atoms with van der Waals surface area (Å²) in [7, 11) is 0. The second-order valence-electron chi connectivity index (χ2n) is 6.09. The summed E-state index contributed by atoms with van der Waals surface area (Å²) in [5.41, 5.74) is 1.97. The van der Waals surface area contributed by atoms with Crippen LogP contribution in [0.3, 0.4) is 0 Å². The molecule has 1 amide bonds. The molecule has 1 aliphatic heterocycles. The molecule has 1 atom stereocenters. The van der Waals surface area contributed by atoms with Gasteiger partial charge in [0.15, 0.2) is 10.8 Å². The minimum Gasteiger partial charge on any atom is -0.493 e. The van der Waals surface area contributed by atoms with Gasteiger partial charge in [0.25, 0.3) is 0 Å². The van der Waals surface area contributed by atoms with E-state index in [0.29, 0.717) is 19.1 Å². The average molecular weight is 354 g/mol. The zero-order valence-electron chi connectivity index (χ0n) is 13.6. The van der Waals surface area contributed by atoms with E-state index in [1.165, 1.54) is 16.9 Å². The molecule has 5 nitrogen and oxygen atoms in total. The highest BCUT2D eigenvalue weighted by Gasteiger charge is 2.20. The average Bonchev–Trinajstić information content (AvgIpc) is 3.31. The van der Waals surface area contributed by atoms with Crippen molar-refractivity contribution in [3.05, 3.63) is 59.3 Å². The Kier molecular flexibility index (Phi) is 4.52. The number of benzene rings is 1. The van der Waals surface area contributed by atoms with Crippen molar-refractivity contribution in [2.45, 2.75) is 12.8 Å². The second kappa shape index (κ2) is 7.11. The molecule has 6 heteroatoms. The Bertz CT molecular complexity index is 857. The topological polar surface area (TPSA) is 64.4 Å². The van der Waals surface area contributed by atoms with E-state index in [1.807, 2.05) is 35.7 Å². The molecular formula is C19H18N2O3S. The number of carbonyl (C=O) groups is 1. The fourth-order valence-corrected chi connectivity index (χ4v) is 3.69. The summed E-state index contributed by atoms with van der Waals surface area (Å²) < 4.78 is 11.1. The molecule has 128 valence electrons. The van der Waals surface area contributed by atoms with Gasteiger partial charge in [0.05, 0.1) is 25.0 Å². The smallest absolute Gasteiger partial charge is 0.226 e. The number of hydrogen-bond donors (Lipinski definition) is 1. The number of aromatic nitrogens is 1. The SMILES string of the molecule is O=C(Cc1csc(-c2ccco2)n1)NCC1COc2ccccc2C1. The minimum absolute atomic E-state index is 0.0184. The number of nitrogens with one attached hydrogen (secondary N) is 1. The highest BCUT2D eigenvalue weighted by Crippen LogP contribution is 2.26. The summed E-state index contributed by atoms with van der Waals surface area (Å²) in [5.74, 6) is 1.97. The number of para-hydroxylation sites is 1. The fourth-order valence-electron chi connectivity index (χ4n) is 2.91. The van der Waals surface area contributed by atoms with E-state index < -0.39 is 0 Å². The van der Waals surface area contributed by atoms with E-state index >= 15 is 0 Å². The first kappa shape index (κ1) is 15.9. The first-order valence-corrected chi connectivity index (χ1v) is 9.11. The lowest BCUT2D eigenvalue weighted by atomic mass is 9.97. The van der Waals surface area contributed by atoms with Crippen molar-refractivity contribution in [3.8, 4) is 16.5 Å². The monoisotopic (exact) mass is 354 g/mol. The molecule has 3 heterocycles. The van der Waals surface area contributed by atoms with Crippen LogP contribution in [0.25, 0.3) is 10.8 Å². The lowest BCUT2D eigenvalue weighted by Gasteiger charge is -2.25. The Labute approximate surface area is 149 Å². The maximum absolute atomic E-state index is 12.2. The first-order chi connectivity index (χ1) is 12.3. The van der Waals surface area contributed by atoms with Gasteiger partial charge >= 0.3 is 0 Å². The third-order valence-corrected chi connectivity index (χ3v) is 5.07. The maximum atomic E-state index is 12.2. The Morgan fingerprint density at radius 1 is 1.28 bits per heavy atom. The van der Waals surface area contributed by atoms with Crippen molar-refractivity contribution in [2.24, 2.45) is 5.92 Å². The summed E-state index contributed by atoms with van der Waals surface area (Å²) in [5, 5.41) is 5.69. The normalized spacial score (nSPS) is 16.1. The van der Waals surface area contributed by atoms with E-state index in [2.05, 4.69) is 16.4 Å². The van der Waals surface area contributed by atoms with Crippen molar-refractivity contribution >= 4 is 17.2 Å². The molecule has 2 aromatic heterocycles. The molecule has 25 heavy (non-hydrogen) atoms. The van der Waals surface area contributed by atoms with Crippen LogP contribution < -0.4 is 10.1 Å². The zero-order valence-corrected chi connectivity index (χ0v) is 14.4. The van der Waals surface area contributed by atoms with E-state index in [1.54, 1.807) is 6.26 Å². The van der Waals surface area contributed by atoms with Crippen LogP contribution >= 0.6 is 11.3 Å². The predicted molar refractivity (Wildman–Crippen MR) is 95.7 cm³/mol. The van der Waals surface area contributed by atoms with Gasteiger partial charge in [0, 0.05) is 17.8 Å². The first-order valence-electron chi connectivity index (χ1n) is 8.23. The van der Waals surface area contributed by atoms with Gasteiger partial charge in [-0.2, -0.15) is 0 Å². The lowest BCUT2D eigenvalue weighted by Crippen LogP contribution is -2.35. The van der Waals surface area contributed by atoms with Crippen molar-refractivity contribution in [3.63, 3.8) is 0 Å². The second-order valence-corrected chi connectivity index (χ2v) is 6.95. The summed E-state index contributed by atoms with van der Waals surface area (Å²) in [6.07, 6.45) is 2.82. The van der Waals surface area contributed by atoms with Crippen LogP contribution in [0.4, 0.5) is 0 Å². The molecule has 1 aliphatic rings. The Hall–Kier alpha value is -2.60. The van der Waals surface area contributed by atoms with Crippen molar-refractivity contribution in [1.29, 1.82) is 0 Å². The van der Waals surface area contributed by atoms with Crippen LogP contribution in [0.2, 0.25) is 0 Å². The van der Waals surface area contributed by atoms with Gasteiger partial charge in [-0.15, -0.1) is 11.3 Å². The number of rotatable bonds is 5. The number of hydrogen-bond acceptors (Lipinski definition) is 5. The van der Waals surface area contributed by atoms with Crippen LogP contribution in [0, 0.1) is 5.92 Å². The number of nitrogens with zero attached hydrogens (tertiary/aromatic N) is 1. The molecule has 0 spiro atoms. The van der Waals surface area contributed by atoms with Crippen LogP contribution in [-0.4, -0.2) is 24.0 Å². The molecule has 0 radical (unpaired) electrons. The molecule has 0 saturated carbocycles. The lowest BCUT2D eigenvalue weighted by molar-refractivity contribution is -0.120. The van der Waals surface area contributed by atoms with Gasteiger partial charge in [-0.25, -0.2) is 4.98 Å². The number of amides is 1. The van der Waals surface area contributed by atoms with E-state index in [0.717, 1.165) is 28.6 Å². The number of thiazole rings is 1. The zero-order chi connectivity index (χ0) is 17.1. The molecule has 3 aromatic rings. The maximum Gasteiger partial charge on any atom is 0.226 e. The Morgan fingerprint density at radius 3 is 3.08 bits per heavy atom. The third kappa shape index (κ3) is 3.74. The van der Waals surface area contributed by atoms with Gasteiger partial charge in [-0.1, -0.05) is 18.2 Å². The molecule has 4 rings (SSSR count). The van der Waals surface area contributed by atoms with Gasteiger partial charge in [0.1, 0.15) is 5.75 Å². The van der Waals surface area contributed by atoms with Crippen molar-refractivity contribution in [1.82, 2.24) is 10.3 Å². The third-order valence-electron chi connectivity index (χ3n) is 4.17. The van der Waals surface area contributed by atoms with Crippen LogP contribution in [0.15, 0.2) is 52.5 Å². The molecule has 1 N–H and O–H groups in total. The number of carbonyl (C=O) groups excluding carboxylic acids is 1. The highest BCUT2D eigenvalue weighted by molar-refractivity contribution is 7.13. The summed E-state index contributed by atoms with van der Waals surface area (Å²) in [4.78, 5) is 16.6. The molecule has 0 aliphatic carbocycles. The molecular weight excluding hydrogens is 336 g/mol. The van der Waals surface area contributed by atoms with Crippen LogP contribution in [0.1, 0.15) is 11.3 Å². The van der Waals surface area contributed by atoms with Crippen molar-refractivity contribution < 1.29 is 13.9 Å². The van der Waals surface area contributed by atoms with Gasteiger partial charge in [-0.3, -0.25) is 4.79 Å². The van der Waals surface area contributed by atoms with E-state index in [9.17, 15) is 4.79 Å². The van der Waals surface area contributed by atoms with Gasteiger partial charge in [-0.05, 0) is 30.2 Å². The number of furan rings is 1. The van der Waals surface area contributed by atoms with E-state index in [4.69, 9.17) is 9.15 Å². The molecule has 0 bridgehead atoms. The Morgan fingerprint density at radius 2 is 2.20 bits per heavy atom. The van der Waals surface area contributed by atoms with Crippen LogP contribution in [0.5, 0.6) is 5.75 Å². The fraction of sp³-hybridized carbons (Fsp3) is 0.263. The molecule has 0 fully saturated rings. The molecule has 1 aromatic carbocycles. The largest absolute Gasteiger partial charge is 0.493 e. The van der Waals surface area contributed by atoms with Crippen molar-refractivity contribution in [2.75, 3.05) is 13.2 Å². The summed E-state index contributed by atoms with van der Waals surface area (Å²) >= 11 is 1.48. The quantitative estimate of drug-likeness (QED) is 0.763. The summed E-state index contributed by atoms with van der Waals surface area (Å²) in [6.45, 7) is 1.25. The van der Waals surface area contributed by atoms with Gasteiger partial charge < -0.3 is 14.5 Å². The van der Waals surface area contributed by atoms with Crippen LogP contribution in [-0.2, 0) is 17.6 Å². The van der Waals surface area contributed by atoms with E-state index in [-0.39, 0.29) is 12.3 Å². The molecule has 1 unspecified atom stereocenters. The minimum atomic E-state index is -0.0184. The Balaban J connectivity index is 1.29. The number of fused-ring (bicyclic) bond motifs is 1. The van der Waals surface area contributed by atoms with Gasteiger partial charge in [0.2, 0.25) is 5.91 Å². The molecule has 0 saturated heterocycles.